The molecule has 4 heteroatoms. The van der Waals surface area contributed by atoms with Gasteiger partial charge in [-0.1, -0.05) is 18.2 Å². The van der Waals surface area contributed by atoms with Gasteiger partial charge in [0.2, 0.25) is 5.91 Å². The first-order valence-corrected chi connectivity index (χ1v) is 6.88. The van der Waals surface area contributed by atoms with E-state index < -0.39 is 0 Å². The fourth-order valence-corrected chi connectivity index (χ4v) is 2.72. The van der Waals surface area contributed by atoms with E-state index in [1.54, 1.807) is 4.90 Å². The topological polar surface area (TPSA) is 55.6 Å². The second-order valence-electron chi connectivity index (χ2n) is 4.98. The minimum Gasteiger partial charge on any atom is -0.494 e. The van der Waals surface area contributed by atoms with Gasteiger partial charge < -0.3 is 15.4 Å². The molecule has 1 aliphatic heterocycles. The lowest BCUT2D eigenvalue weighted by molar-refractivity contribution is -0.131. The molecule has 1 fully saturated rings. The maximum atomic E-state index is 12.0. The molecule has 2 atom stereocenters. The average Bonchev–Trinajstić information content (AvgIpc) is 2.52. The van der Waals surface area contributed by atoms with E-state index >= 15 is 0 Å². The number of para-hydroxylation sites is 1. The van der Waals surface area contributed by atoms with E-state index in [0.29, 0.717) is 13.0 Å². The first-order valence-electron chi connectivity index (χ1n) is 6.88. The minimum absolute atomic E-state index is 0.0435. The number of nitrogens with two attached hydrogens (primary N) is 1. The highest BCUT2D eigenvalue weighted by atomic mass is 16.5. The molecule has 2 rings (SSSR count). The predicted octanol–water partition coefficient (Wildman–Crippen LogP) is 2.10. The molecule has 1 aromatic carbocycles. The molecule has 1 amide bonds. The van der Waals surface area contributed by atoms with Crippen LogP contribution in [0.2, 0.25) is 0 Å². The van der Waals surface area contributed by atoms with Crippen LogP contribution in [-0.4, -0.2) is 30.5 Å². The zero-order valence-corrected chi connectivity index (χ0v) is 11.6. The molecule has 1 saturated heterocycles. The van der Waals surface area contributed by atoms with Crippen LogP contribution in [0, 0.1) is 0 Å². The average molecular weight is 262 g/mol. The molecule has 2 N–H and O–H groups in total. The van der Waals surface area contributed by atoms with Crippen molar-refractivity contribution in [1.29, 1.82) is 0 Å². The summed E-state index contributed by atoms with van der Waals surface area (Å²) in [5, 5.41) is 0. The molecule has 0 spiro atoms. The van der Waals surface area contributed by atoms with Crippen LogP contribution in [-0.2, 0) is 4.79 Å². The van der Waals surface area contributed by atoms with Crippen LogP contribution in [0.5, 0.6) is 5.75 Å². The number of amides is 1. The molecule has 104 valence electrons. The van der Waals surface area contributed by atoms with Crippen molar-refractivity contribution >= 4 is 5.91 Å². The van der Waals surface area contributed by atoms with Gasteiger partial charge in [0, 0.05) is 25.1 Å². The molecule has 4 nitrogen and oxygen atoms in total. The summed E-state index contributed by atoms with van der Waals surface area (Å²) in [4.78, 5) is 13.8. The molecular weight excluding hydrogens is 240 g/mol. The van der Waals surface area contributed by atoms with Crippen molar-refractivity contribution in [1.82, 2.24) is 4.90 Å². The highest BCUT2D eigenvalue weighted by molar-refractivity contribution is 5.77. The molecule has 0 saturated carbocycles. The fourth-order valence-electron chi connectivity index (χ4n) is 2.72. The zero-order chi connectivity index (χ0) is 13.8. The number of carbonyl (C=O) groups is 1. The van der Waals surface area contributed by atoms with Gasteiger partial charge in [-0.3, -0.25) is 4.79 Å². The Labute approximate surface area is 114 Å². The van der Waals surface area contributed by atoms with Crippen LogP contribution in [0.15, 0.2) is 24.3 Å². The van der Waals surface area contributed by atoms with Gasteiger partial charge in [0.25, 0.3) is 0 Å². The largest absolute Gasteiger partial charge is 0.494 e. The van der Waals surface area contributed by atoms with Gasteiger partial charge in [0.1, 0.15) is 5.75 Å². The highest BCUT2D eigenvalue weighted by Crippen LogP contribution is 2.34. The molecular formula is C15H22N2O2. The van der Waals surface area contributed by atoms with Gasteiger partial charge in [-0.25, -0.2) is 0 Å². The Morgan fingerprint density at radius 1 is 1.42 bits per heavy atom. The molecule has 0 radical (unpaired) electrons. The number of rotatable bonds is 3. The number of ether oxygens (including phenoxy) is 1. The second-order valence-corrected chi connectivity index (χ2v) is 4.98. The molecule has 2 unspecified atom stereocenters. The van der Waals surface area contributed by atoms with Crippen molar-refractivity contribution in [2.24, 2.45) is 5.73 Å². The summed E-state index contributed by atoms with van der Waals surface area (Å²) in [6.45, 7) is 2.56. The Morgan fingerprint density at radius 3 is 2.89 bits per heavy atom. The summed E-state index contributed by atoms with van der Waals surface area (Å²) in [5.41, 5.74) is 7.29. The maximum absolute atomic E-state index is 12.0. The Morgan fingerprint density at radius 2 is 2.16 bits per heavy atom. The summed E-state index contributed by atoms with van der Waals surface area (Å²) in [6, 6.07) is 7.71. The number of benzene rings is 1. The van der Waals surface area contributed by atoms with Crippen molar-refractivity contribution in [2.75, 3.05) is 13.7 Å². The summed E-state index contributed by atoms with van der Waals surface area (Å²) < 4.78 is 5.67. The summed E-state index contributed by atoms with van der Waals surface area (Å²) in [6.07, 6.45) is 2.30. The van der Waals surface area contributed by atoms with Crippen LogP contribution < -0.4 is 10.5 Å². The van der Waals surface area contributed by atoms with Crippen LogP contribution in [0.25, 0.3) is 0 Å². The number of likely N-dealkylation sites (tertiary alicyclic amines) is 1. The van der Waals surface area contributed by atoms with Crippen LogP contribution in [0.3, 0.4) is 0 Å². The van der Waals surface area contributed by atoms with Crippen molar-refractivity contribution in [3.05, 3.63) is 29.8 Å². The van der Waals surface area contributed by atoms with E-state index in [2.05, 4.69) is 0 Å². The predicted molar refractivity (Wildman–Crippen MR) is 74.9 cm³/mol. The quantitative estimate of drug-likeness (QED) is 0.907. The lowest BCUT2D eigenvalue weighted by atomic mass is 9.96. The molecule has 1 aromatic rings. The van der Waals surface area contributed by atoms with Gasteiger partial charge in [-0.05, 0) is 25.8 Å². The fraction of sp³-hybridized carbons (Fsp3) is 0.533. The SMILES string of the molecule is CCOc1ccccc1C1C(N)CCCC(=O)N1C. The minimum atomic E-state index is -0.0993. The standard InChI is InChI=1S/C15H22N2O2/c1-3-19-13-9-5-4-7-11(13)15-12(16)8-6-10-14(18)17(15)2/h4-5,7,9,12,15H,3,6,8,10,16H2,1-2H3. The number of carbonyl (C=O) groups excluding carboxylic acids is 1. The first kappa shape index (κ1) is 13.9. The van der Waals surface area contributed by atoms with Gasteiger partial charge in [0.05, 0.1) is 12.6 Å². The number of hydrogen-bond donors (Lipinski definition) is 1. The number of nitrogens with zero attached hydrogens (tertiary/aromatic N) is 1. The van der Waals surface area contributed by atoms with E-state index in [4.69, 9.17) is 10.5 Å². The molecule has 1 aliphatic rings. The monoisotopic (exact) mass is 262 g/mol. The summed E-state index contributed by atoms with van der Waals surface area (Å²) in [5.74, 6) is 0.983. The van der Waals surface area contributed by atoms with Gasteiger partial charge >= 0.3 is 0 Å². The van der Waals surface area contributed by atoms with Gasteiger partial charge in [-0.2, -0.15) is 0 Å². The van der Waals surface area contributed by atoms with Gasteiger partial charge in [-0.15, -0.1) is 0 Å². The molecule has 0 bridgehead atoms. The maximum Gasteiger partial charge on any atom is 0.222 e. The molecule has 0 aromatic heterocycles. The van der Waals surface area contributed by atoms with E-state index in [1.807, 2.05) is 38.2 Å². The Bertz CT molecular complexity index is 448. The lowest BCUT2D eigenvalue weighted by Crippen LogP contribution is -2.40. The van der Waals surface area contributed by atoms with E-state index in [1.165, 1.54) is 0 Å². The van der Waals surface area contributed by atoms with Crippen LogP contribution in [0.1, 0.15) is 37.8 Å². The Balaban J connectivity index is 2.39. The summed E-state index contributed by atoms with van der Waals surface area (Å²) >= 11 is 0. The smallest absolute Gasteiger partial charge is 0.222 e. The van der Waals surface area contributed by atoms with Crippen LogP contribution in [0.4, 0.5) is 0 Å². The number of likely N-dealkylation sites (N-methyl/N-ethyl adjacent to an activating group) is 1. The molecule has 19 heavy (non-hydrogen) atoms. The van der Waals surface area contributed by atoms with Crippen molar-refractivity contribution in [3.63, 3.8) is 0 Å². The molecule has 0 aliphatic carbocycles. The van der Waals surface area contributed by atoms with E-state index in [0.717, 1.165) is 24.2 Å². The second kappa shape index (κ2) is 6.06. The Kier molecular flexibility index (Phi) is 4.43. The third-order valence-electron chi connectivity index (χ3n) is 3.68. The van der Waals surface area contributed by atoms with E-state index in [9.17, 15) is 4.79 Å². The highest BCUT2D eigenvalue weighted by Gasteiger charge is 2.32. The first-order chi connectivity index (χ1) is 9.15. The number of hydrogen-bond acceptors (Lipinski definition) is 3. The third kappa shape index (κ3) is 2.89. The van der Waals surface area contributed by atoms with Crippen molar-refractivity contribution in [3.8, 4) is 5.75 Å². The third-order valence-corrected chi connectivity index (χ3v) is 3.68. The summed E-state index contributed by atoms with van der Waals surface area (Å²) in [7, 11) is 1.83. The van der Waals surface area contributed by atoms with Crippen LogP contribution >= 0.6 is 0 Å². The zero-order valence-electron chi connectivity index (χ0n) is 11.6. The Hall–Kier alpha value is -1.55. The van der Waals surface area contributed by atoms with Crippen molar-refractivity contribution in [2.45, 2.75) is 38.3 Å². The van der Waals surface area contributed by atoms with E-state index in [-0.39, 0.29) is 18.0 Å². The normalized spacial score (nSPS) is 24.2. The van der Waals surface area contributed by atoms with Crippen molar-refractivity contribution < 1.29 is 9.53 Å². The van der Waals surface area contributed by atoms with Gasteiger partial charge in [0.15, 0.2) is 0 Å². The lowest BCUT2D eigenvalue weighted by Gasteiger charge is -2.31. The molecule has 1 heterocycles.